The van der Waals surface area contributed by atoms with Gasteiger partial charge in [0.05, 0.1) is 0 Å². The van der Waals surface area contributed by atoms with Gasteiger partial charge in [-0.05, 0) is 27.2 Å². The van der Waals surface area contributed by atoms with Gasteiger partial charge in [0, 0.05) is 26.4 Å². The van der Waals surface area contributed by atoms with Crippen molar-refractivity contribution in [3.05, 3.63) is 0 Å². The first-order chi connectivity index (χ1) is 10.2. The molecule has 4 nitrogen and oxygen atoms in total. The summed E-state index contributed by atoms with van der Waals surface area (Å²) in [5.74, 6) is 0. The van der Waals surface area contributed by atoms with Crippen LogP contribution in [0.15, 0.2) is 0 Å². The Bertz CT molecular complexity index is 197. The summed E-state index contributed by atoms with van der Waals surface area (Å²) in [4.78, 5) is 0. The number of hydrogen-bond donors (Lipinski definition) is 0. The van der Waals surface area contributed by atoms with Crippen molar-refractivity contribution in [3.8, 4) is 0 Å². The number of rotatable bonds is 16. The van der Waals surface area contributed by atoms with Crippen LogP contribution in [0.4, 0.5) is 0 Å². The van der Waals surface area contributed by atoms with Crippen LogP contribution < -0.4 is 0 Å². The fourth-order valence-corrected chi connectivity index (χ4v) is 4.17. The lowest BCUT2D eigenvalue weighted by molar-refractivity contribution is -0.0280. The molecule has 0 unspecified atom stereocenters. The highest BCUT2D eigenvalue weighted by atomic mass is 28.4. The van der Waals surface area contributed by atoms with Crippen molar-refractivity contribution in [2.24, 2.45) is 0 Å². The lowest BCUT2D eigenvalue weighted by Gasteiger charge is -2.26. The Morgan fingerprint density at radius 1 is 0.524 bits per heavy atom. The van der Waals surface area contributed by atoms with Crippen LogP contribution in [0.2, 0.25) is 0 Å². The molecule has 0 rings (SSSR count). The standard InChI is InChI=1S/C16H36O4Si/c1-5-9-10-11-12-13-14-15-16-20-21(17-6-2,18-7-3)19-8-4/h5-16H2,1-4H3. The Morgan fingerprint density at radius 2 is 0.952 bits per heavy atom. The summed E-state index contributed by atoms with van der Waals surface area (Å²) in [6.07, 6.45) is 10.3. The largest absolute Gasteiger partial charge is 0.679 e. The molecule has 0 saturated carbocycles. The minimum absolute atomic E-state index is 0.559. The van der Waals surface area contributed by atoms with Crippen LogP contribution in [0.3, 0.4) is 0 Å². The molecule has 0 aromatic carbocycles. The summed E-state index contributed by atoms with van der Waals surface area (Å²) in [7, 11) is -2.88. The molecule has 0 saturated heterocycles. The molecule has 0 atom stereocenters. The quantitative estimate of drug-likeness (QED) is 0.305. The second kappa shape index (κ2) is 15.0. The van der Waals surface area contributed by atoms with Gasteiger partial charge in [-0.15, -0.1) is 0 Å². The molecular formula is C16H36O4Si. The molecule has 128 valence electrons. The van der Waals surface area contributed by atoms with E-state index in [0.717, 1.165) is 6.42 Å². The van der Waals surface area contributed by atoms with E-state index in [1.54, 1.807) is 0 Å². The Kier molecular flexibility index (Phi) is 15.0. The molecule has 0 radical (unpaired) electrons. The molecule has 21 heavy (non-hydrogen) atoms. The first-order valence-corrected chi connectivity index (χ1v) is 10.4. The van der Waals surface area contributed by atoms with E-state index in [-0.39, 0.29) is 0 Å². The van der Waals surface area contributed by atoms with Crippen LogP contribution in [-0.4, -0.2) is 35.5 Å². The Labute approximate surface area is 133 Å². The monoisotopic (exact) mass is 320 g/mol. The van der Waals surface area contributed by atoms with Crippen LogP contribution in [0.1, 0.15) is 79.1 Å². The van der Waals surface area contributed by atoms with Gasteiger partial charge in [0.15, 0.2) is 0 Å². The summed E-state index contributed by atoms with van der Waals surface area (Å²) in [5.41, 5.74) is 0. The van der Waals surface area contributed by atoms with E-state index in [2.05, 4.69) is 6.92 Å². The Balaban J connectivity index is 3.76. The first kappa shape index (κ1) is 21.1. The van der Waals surface area contributed by atoms with Crippen molar-refractivity contribution < 1.29 is 17.7 Å². The lowest BCUT2D eigenvalue weighted by atomic mass is 10.1. The van der Waals surface area contributed by atoms with Gasteiger partial charge in [0.2, 0.25) is 0 Å². The molecule has 0 spiro atoms. The zero-order chi connectivity index (χ0) is 15.8. The van der Waals surface area contributed by atoms with E-state index in [1.807, 2.05) is 20.8 Å². The van der Waals surface area contributed by atoms with Gasteiger partial charge in [-0.2, -0.15) is 0 Å². The average molecular weight is 321 g/mol. The van der Waals surface area contributed by atoms with E-state index >= 15 is 0 Å². The highest BCUT2D eigenvalue weighted by Crippen LogP contribution is 2.14. The Morgan fingerprint density at radius 3 is 1.38 bits per heavy atom. The molecule has 0 aromatic heterocycles. The van der Waals surface area contributed by atoms with Crippen molar-refractivity contribution in [2.45, 2.75) is 79.1 Å². The minimum Gasteiger partial charge on any atom is -0.351 e. The second-order valence-electron chi connectivity index (χ2n) is 5.12. The van der Waals surface area contributed by atoms with Gasteiger partial charge in [0.25, 0.3) is 0 Å². The second-order valence-corrected chi connectivity index (χ2v) is 7.28. The van der Waals surface area contributed by atoms with Gasteiger partial charge in [-0.3, -0.25) is 0 Å². The van der Waals surface area contributed by atoms with Crippen molar-refractivity contribution in [1.82, 2.24) is 0 Å². The predicted molar refractivity (Wildman–Crippen MR) is 89.2 cm³/mol. The maximum Gasteiger partial charge on any atom is 0.679 e. The van der Waals surface area contributed by atoms with E-state index in [4.69, 9.17) is 17.7 Å². The first-order valence-electron chi connectivity index (χ1n) is 8.80. The normalized spacial score (nSPS) is 12.0. The van der Waals surface area contributed by atoms with Gasteiger partial charge in [0.1, 0.15) is 0 Å². The highest BCUT2D eigenvalue weighted by molar-refractivity contribution is 6.53. The maximum atomic E-state index is 5.87. The van der Waals surface area contributed by atoms with E-state index in [9.17, 15) is 0 Å². The van der Waals surface area contributed by atoms with Gasteiger partial charge >= 0.3 is 9.05 Å². The molecule has 0 heterocycles. The summed E-state index contributed by atoms with van der Waals surface area (Å²) >= 11 is 0. The summed E-state index contributed by atoms with van der Waals surface area (Å²) < 4.78 is 22.8. The molecule has 0 aliphatic rings. The molecule has 0 aliphatic carbocycles. The van der Waals surface area contributed by atoms with Crippen molar-refractivity contribution in [3.63, 3.8) is 0 Å². The van der Waals surface area contributed by atoms with E-state index < -0.39 is 9.05 Å². The smallest absolute Gasteiger partial charge is 0.351 e. The van der Waals surface area contributed by atoms with E-state index in [0.29, 0.717) is 26.4 Å². The zero-order valence-electron chi connectivity index (χ0n) is 14.6. The van der Waals surface area contributed by atoms with E-state index in [1.165, 1.54) is 44.9 Å². The zero-order valence-corrected chi connectivity index (χ0v) is 15.6. The molecule has 0 fully saturated rings. The fourth-order valence-electron chi connectivity index (χ4n) is 2.21. The topological polar surface area (TPSA) is 36.9 Å². The van der Waals surface area contributed by atoms with Gasteiger partial charge < -0.3 is 17.7 Å². The summed E-state index contributed by atoms with van der Waals surface area (Å²) in [6.45, 7) is 10.4. The molecule has 5 heteroatoms. The van der Waals surface area contributed by atoms with Crippen LogP contribution >= 0.6 is 0 Å². The fraction of sp³-hybridized carbons (Fsp3) is 1.00. The van der Waals surface area contributed by atoms with Gasteiger partial charge in [-0.25, -0.2) is 0 Å². The third kappa shape index (κ3) is 11.3. The average Bonchev–Trinajstić information content (AvgIpc) is 2.46. The molecule has 0 bridgehead atoms. The number of unbranched alkanes of at least 4 members (excludes halogenated alkanes) is 7. The SMILES string of the molecule is CCCCCCCCCCO[Si](OCC)(OCC)OCC. The molecule has 0 aromatic rings. The number of hydrogen-bond acceptors (Lipinski definition) is 4. The molecular weight excluding hydrogens is 284 g/mol. The molecule has 0 amide bonds. The third-order valence-corrected chi connectivity index (χ3v) is 5.72. The van der Waals surface area contributed by atoms with Crippen LogP contribution in [0, 0.1) is 0 Å². The summed E-state index contributed by atoms with van der Waals surface area (Å²) in [6, 6.07) is 0. The van der Waals surface area contributed by atoms with Crippen molar-refractivity contribution in [1.29, 1.82) is 0 Å². The van der Waals surface area contributed by atoms with Crippen LogP contribution in [-0.2, 0) is 17.7 Å². The summed E-state index contributed by atoms with van der Waals surface area (Å²) in [5, 5.41) is 0. The van der Waals surface area contributed by atoms with Crippen LogP contribution in [0.5, 0.6) is 0 Å². The highest BCUT2D eigenvalue weighted by Gasteiger charge is 2.44. The van der Waals surface area contributed by atoms with Gasteiger partial charge in [-0.1, -0.05) is 51.9 Å². The van der Waals surface area contributed by atoms with Crippen LogP contribution in [0.25, 0.3) is 0 Å². The predicted octanol–water partition coefficient (Wildman–Crippen LogP) is 4.69. The van der Waals surface area contributed by atoms with Crippen molar-refractivity contribution >= 4 is 9.05 Å². The Hall–Kier alpha value is 0.0569. The van der Waals surface area contributed by atoms with Crippen molar-refractivity contribution in [2.75, 3.05) is 26.4 Å². The lowest BCUT2D eigenvalue weighted by Crippen LogP contribution is -2.49. The maximum absolute atomic E-state index is 5.87. The third-order valence-electron chi connectivity index (χ3n) is 3.24. The molecule has 0 aliphatic heterocycles. The minimum atomic E-state index is -2.88. The molecule has 0 N–H and O–H groups in total.